The SMILES string of the molecule is COc1ccc(C(=O)Nc2cccc([C@H](C)O)c2)cc1[N+](=O)[O-]. The van der Waals surface area contributed by atoms with Gasteiger partial charge in [-0.05, 0) is 36.8 Å². The molecule has 2 N–H and O–H groups in total. The molecule has 0 saturated heterocycles. The molecule has 0 spiro atoms. The molecule has 0 aliphatic carbocycles. The van der Waals surface area contributed by atoms with Crippen LogP contribution in [0.25, 0.3) is 0 Å². The van der Waals surface area contributed by atoms with E-state index in [1.165, 1.54) is 19.2 Å². The molecule has 7 heteroatoms. The van der Waals surface area contributed by atoms with Crippen LogP contribution in [0.4, 0.5) is 11.4 Å². The van der Waals surface area contributed by atoms with Gasteiger partial charge >= 0.3 is 5.69 Å². The molecule has 0 fully saturated rings. The van der Waals surface area contributed by atoms with Gasteiger partial charge in [0, 0.05) is 17.3 Å². The van der Waals surface area contributed by atoms with Crippen molar-refractivity contribution in [1.82, 2.24) is 0 Å². The van der Waals surface area contributed by atoms with E-state index in [1.54, 1.807) is 31.2 Å². The number of nitrogens with zero attached hydrogens (tertiary/aromatic N) is 1. The lowest BCUT2D eigenvalue weighted by Crippen LogP contribution is -2.12. The third-order valence-electron chi connectivity index (χ3n) is 3.26. The fourth-order valence-corrected chi connectivity index (χ4v) is 2.05. The zero-order chi connectivity index (χ0) is 17.0. The molecular weight excluding hydrogens is 300 g/mol. The van der Waals surface area contributed by atoms with Crippen molar-refractivity contribution in [2.24, 2.45) is 0 Å². The Morgan fingerprint density at radius 3 is 2.65 bits per heavy atom. The van der Waals surface area contributed by atoms with Crippen molar-refractivity contribution in [1.29, 1.82) is 0 Å². The zero-order valence-corrected chi connectivity index (χ0v) is 12.6. The second kappa shape index (κ2) is 6.89. The van der Waals surface area contributed by atoms with E-state index in [0.717, 1.165) is 6.07 Å². The van der Waals surface area contributed by atoms with Gasteiger partial charge in [-0.1, -0.05) is 12.1 Å². The lowest BCUT2D eigenvalue weighted by molar-refractivity contribution is -0.385. The van der Waals surface area contributed by atoms with Gasteiger partial charge in [-0.3, -0.25) is 14.9 Å². The van der Waals surface area contributed by atoms with Gasteiger partial charge in [-0.25, -0.2) is 0 Å². The van der Waals surface area contributed by atoms with Crippen molar-refractivity contribution >= 4 is 17.3 Å². The monoisotopic (exact) mass is 316 g/mol. The summed E-state index contributed by atoms with van der Waals surface area (Å²) in [6.07, 6.45) is -0.658. The van der Waals surface area contributed by atoms with Gasteiger partial charge in [0.15, 0.2) is 5.75 Å². The Bertz CT molecular complexity index is 743. The van der Waals surface area contributed by atoms with Crippen molar-refractivity contribution in [2.45, 2.75) is 13.0 Å². The Kier molecular flexibility index (Phi) is 4.92. The summed E-state index contributed by atoms with van der Waals surface area (Å²) in [5, 5.41) is 23.2. The number of amides is 1. The van der Waals surface area contributed by atoms with E-state index in [4.69, 9.17) is 4.74 Å². The number of aliphatic hydroxyl groups is 1. The van der Waals surface area contributed by atoms with Gasteiger partial charge < -0.3 is 15.2 Å². The number of nitrogens with one attached hydrogen (secondary N) is 1. The lowest BCUT2D eigenvalue weighted by atomic mass is 10.1. The third kappa shape index (κ3) is 3.83. The normalized spacial score (nSPS) is 11.6. The number of aliphatic hydroxyl groups excluding tert-OH is 1. The highest BCUT2D eigenvalue weighted by Crippen LogP contribution is 2.28. The van der Waals surface area contributed by atoms with Crippen LogP contribution in [-0.2, 0) is 0 Å². The number of hydrogen-bond donors (Lipinski definition) is 2. The number of benzene rings is 2. The number of methoxy groups -OCH3 is 1. The minimum absolute atomic E-state index is 0.0858. The highest BCUT2D eigenvalue weighted by molar-refractivity contribution is 6.04. The van der Waals surface area contributed by atoms with Crippen molar-refractivity contribution in [2.75, 3.05) is 12.4 Å². The van der Waals surface area contributed by atoms with E-state index < -0.39 is 16.9 Å². The Morgan fingerprint density at radius 1 is 1.30 bits per heavy atom. The number of carbonyl (C=O) groups excluding carboxylic acids is 1. The van der Waals surface area contributed by atoms with Gasteiger partial charge in [0.05, 0.1) is 18.1 Å². The molecule has 1 atom stereocenters. The number of hydrogen-bond acceptors (Lipinski definition) is 5. The minimum Gasteiger partial charge on any atom is -0.490 e. The van der Waals surface area contributed by atoms with Crippen LogP contribution in [0.3, 0.4) is 0 Å². The maximum Gasteiger partial charge on any atom is 0.311 e. The summed E-state index contributed by atoms with van der Waals surface area (Å²) >= 11 is 0. The molecule has 0 aliphatic rings. The van der Waals surface area contributed by atoms with E-state index in [0.29, 0.717) is 11.3 Å². The topological polar surface area (TPSA) is 102 Å². The molecule has 2 aromatic carbocycles. The number of carbonyl (C=O) groups is 1. The van der Waals surface area contributed by atoms with Gasteiger partial charge in [0.1, 0.15) is 0 Å². The van der Waals surface area contributed by atoms with Crippen LogP contribution < -0.4 is 10.1 Å². The Hall–Kier alpha value is -2.93. The zero-order valence-electron chi connectivity index (χ0n) is 12.6. The molecule has 23 heavy (non-hydrogen) atoms. The van der Waals surface area contributed by atoms with E-state index in [9.17, 15) is 20.0 Å². The smallest absolute Gasteiger partial charge is 0.311 e. The summed E-state index contributed by atoms with van der Waals surface area (Å²) in [4.78, 5) is 22.6. The van der Waals surface area contributed by atoms with Crippen molar-refractivity contribution in [3.63, 3.8) is 0 Å². The summed E-state index contributed by atoms with van der Waals surface area (Å²) in [7, 11) is 1.32. The number of nitro groups is 1. The summed E-state index contributed by atoms with van der Waals surface area (Å²) < 4.78 is 4.90. The van der Waals surface area contributed by atoms with E-state index in [1.807, 2.05) is 0 Å². The molecule has 0 heterocycles. The first kappa shape index (κ1) is 16.4. The minimum atomic E-state index is -0.658. The summed E-state index contributed by atoms with van der Waals surface area (Å²) in [5.41, 5.74) is 1.01. The quantitative estimate of drug-likeness (QED) is 0.652. The molecule has 120 valence electrons. The van der Waals surface area contributed by atoms with E-state index in [-0.39, 0.29) is 17.0 Å². The number of ether oxygens (including phenoxy) is 1. The second-order valence-electron chi connectivity index (χ2n) is 4.90. The first-order valence-corrected chi connectivity index (χ1v) is 6.84. The van der Waals surface area contributed by atoms with Crippen LogP contribution in [0.1, 0.15) is 28.9 Å². The van der Waals surface area contributed by atoms with E-state index in [2.05, 4.69) is 5.32 Å². The van der Waals surface area contributed by atoms with Crippen molar-refractivity contribution in [3.05, 3.63) is 63.7 Å². The molecule has 0 unspecified atom stereocenters. The van der Waals surface area contributed by atoms with Gasteiger partial charge in [0.25, 0.3) is 5.91 Å². The average molecular weight is 316 g/mol. The van der Waals surface area contributed by atoms with Crippen molar-refractivity contribution in [3.8, 4) is 5.75 Å². The summed E-state index contributed by atoms with van der Waals surface area (Å²) in [6.45, 7) is 1.62. The molecule has 0 aliphatic heterocycles. The maximum absolute atomic E-state index is 12.2. The van der Waals surface area contributed by atoms with Gasteiger partial charge in [-0.15, -0.1) is 0 Å². The molecule has 0 radical (unpaired) electrons. The second-order valence-corrected chi connectivity index (χ2v) is 4.90. The van der Waals surface area contributed by atoms with Crippen molar-refractivity contribution < 1.29 is 19.6 Å². The van der Waals surface area contributed by atoms with Crippen LogP contribution in [0.5, 0.6) is 5.75 Å². The van der Waals surface area contributed by atoms with Crippen LogP contribution in [0.2, 0.25) is 0 Å². The molecule has 2 aromatic rings. The standard InChI is InChI=1S/C16H16N2O5/c1-10(19)11-4-3-5-13(8-11)17-16(20)12-6-7-15(23-2)14(9-12)18(21)22/h3-10,19H,1-2H3,(H,17,20)/t10-/m0/s1. The highest BCUT2D eigenvalue weighted by Gasteiger charge is 2.18. The number of anilines is 1. The average Bonchev–Trinajstić information content (AvgIpc) is 2.54. The van der Waals surface area contributed by atoms with Crippen LogP contribution in [-0.4, -0.2) is 23.0 Å². The predicted molar refractivity (Wildman–Crippen MR) is 84.7 cm³/mol. The largest absolute Gasteiger partial charge is 0.490 e. The molecule has 2 rings (SSSR count). The maximum atomic E-state index is 12.2. The van der Waals surface area contributed by atoms with Crippen LogP contribution >= 0.6 is 0 Å². The molecule has 0 aromatic heterocycles. The summed E-state index contributed by atoms with van der Waals surface area (Å²) in [6, 6.07) is 10.7. The Labute approximate surface area is 132 Å². The fourth-order valence-electron chi connectivity index (χ4n) is 2.05. The number of nitro benzene ring substituents is 1. The first-order valence-electron chi connectivity index (χ1n) is 6.84. The van der Waals surface area contributed by atoms with Gasteiger partial charge in [0.2, 0.25) is 0 Å². The molecule has 1 amide bonds. The highest BCUT2D eigenvalue weighted by atomic mass is 16.6. The Balaban J connectivity index is 2.26. The molecular formula is C16H16N2O5. The fraction of sp³-hybridized carbons (Fsp3) is 0.188. The lowest BCUT2D eigenvalue weighted by Gasteiger charge is -2.09. The van der Waals surface area contributed by atoms with E-state index >= 15 is 0 Å². The molecule has 0 bridgehead atoms. The first-order chi connectivity index (χ1) is 10.9. The predicted octanol–water partition coefficient (Wildman–Crippen LogP) is 2.91. The number of rotatable bonds is 5. The van der Waals surface area contributed by atoms with Crippen LogP contribution in [0.15, 0.2) is 42.5 Å². The third-order valence-corrected chi connectivity index (χ3v) is 3.26. The van der Waals surface area contributed by atoms with Crippen LogP contribution in [0, 0.1) is 10.1 Å². The molecule has 7 nitrogen and oxygen atoms in total. The molecule has 0 saturated carbocycles. The summed E-state index contributed by atoms with van der Waals surface area (Å²) in [5.74, 6) is -0.402. The Morgan fingerprint density at radius 2 is 2.04 bits per heavy atom. The van der Waals surface area contributed by atoms with Gasteiger partial charge in [-0.2, -0.15) is 0 Å².